The predicted molar refractivity (Wildman–Crippen MR) is 118 cm³/mol. The molecule has 0 aliphatic carbocycles. The number of nitrogens with zero attached hydrogens (tertiary/aromatic N) is 3. The van der Waals surface area contributed by atoms with E-state index in [4.69, 9.17) is 0 Å². The maximum Gasteiger partial charge on any atom is 0.220 e. The number of hydrogen-bond donors (Lipinski definition) is 1. The van der Waals surface area contributed by atoms with E-state index in [1.807, 2.05) is 34.9 Å². The summed E-state index contributed by atoms with van der Waals surface area (Å²) < 4.78 is 15.1. The van der Waals surface area contributed by atoms with Gasteiger partial charge in [0.05, 0.1) is 0 Å². The largest absolute Gasteiger partial charge is 0.356 e. The molecule has 2 aromatic carbocycles. The topological polar surface area (TPSA) is 59.8 Å². The zero-order valence-corrected chi connectivity index (χ0v) is 18.2. The average Bonchev–Trinajstić information content (AvgIpc) is 3.15. The van der Waals surface area contributed by atoms with Crippen molar-refractivity contribution in [2.45, 2.75) is 44.0 Å². The van der Waals surface area contributed by atoms with E-state index in [2.05, 4.69) is 29.4 Å². The highest BCUT2D eigenvalue weighted by molar-refractivity contribution is 7.98. The monoisotopic (exact) mass is 426 g/mol. The van der Waals surface area contributed by atoms with Crippen molar-refractivity contribution in [1.82, 2.24) is 20.1 Å². The number of aryl methyl sites for hydroxylation is 1. The summed E-state index contributed by atoms with van der Waals surface area (Å²) in [7, 11) is 0. The molecule has 0 radical (unpaired) electrons. The van der Waals surface area contributed by atoms with Crippen LogP contribution in [0, 0.1) is 11.7 Å². The van der Waals surface area contributed by atoms with Gasteiger partial charge in [0, 0.05) is 30.8 Å². The molecule has 3 aromatic rings. The van der Waals surface area contributed by atoms with Crippen LogP contribution in [0.2, 0.25) is 0 Å². The van der Waals surface area contributed by atoms with Crippen molar-refractivity contribution in [3.63, 3.8) is 0 Å². The van der Waals surface area contributed by atoms with Crippen LogP contribution in [0.1, 0.15) is 38.1 Å². The first-order valence-electron chi connectivity index (χ1n) is 10.2. The van der Waals surface area contributed by atoms with E-state index in [0.717, 1.165) is 28.7 Å². The molecule has 158 valence electrons. The normalized spacial score (nSPS) is 11.1. The van der Waals surface area contributed by atoms with Gasteiger partial charge >= 0.3 is 0 Å². The van der Waals surface area contributed by atoms with Gasteiger partial charge in [-0.1, -0.05) is 55.9 Å². The van der Waals surface area contributed by atoms with Crippen molar-refractivity contribution in [3.8, 4) is 5.69 Å². The molecule has 30 heavy (non-hydrogen) atoms. The molecule has 0 saturated carbocycles. The molecular formula is C23H27FN4OS. The molecule has 0 aliphatic heterocycles. The molecule has 0 saturated heterocycles. The van der Waals surface area contributed by atoms with Crippen molar-refractivity contribution in [2.75, 3.05) is 6.54 Å². The first-order valence-corrected chi connectivity index (χ1v) is 11.1. The fraction of sp³-hybridized carbons (Fsp3) is 0.348. The third-order valence-corrected chi connectivity index (χ3v) is 5.62. The van der Waals surface area contributed by atoms with Gasteiger partial charge in [-0.25, -0.2) is 4.39 Å². The lowest BCUT2D eigenvalue weighted by atomic mass is 10.1. The van der Waals surface area contributed by atoms with Crippen molar-refractivity contribution >= 4 is 17.7 Å². The number of nitrogens with one attached hydrogen (secondary N) is 1. The first kappa shape index (κ1) is 22.0. The molecule has 0 atom stereocenters. The zero-order valence-electron chi connectivity index (χ0n) is 17.3. The minimum Gasteiger partial charge on any atom is -0.356 e. The summed E-state index contributed by atoms with van der Waals surface area (Å²) in [6.07, 6.45) is 1.84. The maximum absolute atomic E-state index is 13.1. The van der Waals surface area contributed by atoms with Crippen molar-refractivity contribution < 1.29 is 9.18 Å². The van der Waals surface area contributed by atoms with E-state index in [-0.39, 0.29) is 11.7 Å². The van der Waals surface area contributed by atoms with Crippen LogP contribution >= 0.6 is 11.8 Å². The second kappa shape index (κ2) is 10.9. The molecule has 0 aliphatic rings. The summed E-state index contributed by atoms with van der Waals surface area (Å²) in [4.78, 5) is 12.2. The number of halogens is 1. The van der Waals surface area contributed by atoms with Gasteiger partial charge in [-0.3, -0.25) is 9.36 Å². The van der Waals surface area contributed by atoms with E-state index in [0.29, 0.717) is 31.1 Å². The summed E-state index contributed by atoms with van der Waals surface area (Å²) in [6.45, 7) is 4.97. The quantitative estimate of drug-likeness (QED) is 0.474. The molecule has 0 fully saturated rings. The lowest BCUT2D eigenvalue weighted by Gasteiger charge is -2.11. The molecule has 3 rings (SSSR count). The highest BCUT2D eigenvalue weighted by atomic mass is 32.2. The minimum atomic E-state index is -0.245. The Morgan fingerprint density at radius 2 is 1.83 bits per heavy atom. The van der Waals surface area contributed by atoms with Crippen LogP contribution < -0.4 is 5.32 Å². The van der Waals surface area contributed by atoms with Gasteiger partial charge in [0.1, 0.15) is 11.6 Å². The van der Waals surface area contributed by atoms with Crippen LogP contribution in [0.3, 0.4) is 0 Å². The summed E-state index contributed by atoms with van der Waals surface area (Å²) >= 11 is 1.54. The van der Waals surface area contributed by atoms with Gasteiger partial charge < -0.3 is 5.32 Å². The number of benzene rings is 2. The molecule has 0 bridgehead atoms. The van der Waals surface area contributed by atoms with Crippen LogP contribution in [0.15, 0.2) is 59.8 Å². The second-order valence-corrected chi connectivity index (χ2v) is 8.46. The number of para-hydroxylation sites is 1. The van der Waals surface area contributed by atoms with Gasteiger partial charge in [0.15, 0.2) is 5.16 Å². The third kappa shape index (κ3) is 6.42. The Morgan fingerprint density at radius 1 is 1.10 bits per heavy atom. The van der Waals surface area contributed by atoms with Gasteiger partial charge in [-0.05, 0) is 42.2 Å². The first-order chi connectivity index (χ1) is 14.5. The van der Waals surface area contributed by atoms with E-state index in [1.54, 1.807) is 12.1 Å². The summed E-state index contributed by atoms with van der Waals surface area (Å²) in [5.41, 5.74) is 1.97. The summed E-state index contributed by atoms with van der Waals surface area (Å²) in [5.74, 6) is 1.75. The molecule has 7 heteroatoms. The Labute approximate surface area is 181 Å². The predicted octanol–water partition coefficient (Wildman–Crippen LogP) is 4.79. The van der Waals surface area contributed by atoms with Crippen molar-refractivity contribution in [3.05, 3.63) is 71.8 Å². The highest BCUT2D eigenvalue weighted by Crippen LogP contribution is 2.26. The van der Waals surface area contributed by atoms with E-state index < -0.39 is 0 Å². The Bertz CT molecular complexity index is 942. The maximum atomic E-state index is 13.1. The Balaban J connectivity index is 1.70. The SMILES string of the molecule is CC(C)CCNC(=O)CCc1nnc(SCc2ccc(F)cc2)n1-c1ccccc1. The number of carbonyl (C=O) groups excluding carboxylic acids is 1. The second-order valence-electron chi connectivity index (χ2n) is 7.52. The molecule has 1 aromatic heterocycles. The van der Waals surface area contributed by atoms with Crippen LogP contribution in [0.5, 0.6) is 0 Å². The van der Waals surface area contributed by atoms with Gasteiger partial charge in [-0.15, -0.1) is 10.2 Å². The summed E-state index contributed by atoms with van der Waals surface area (Å²) in [6, 6.07) is 16.3. The Morgan fingerprint density at radius 3 is 2.53 bits per heavy atom. The molecule has 5 nitrogen and oxygen atoms in total. The van der Waals surface area contributed by atoms with Gasteiger partial charge in [-0.2, -0.15) is 0 Å². The number of carbonyl (C=O) groups is 1. The van der Waals surface area contributed by atoms with Crippen LogP contribution in [-0.4, -0.2) is 27.2 Å². The van der Waals surface area contributed by atoms with Crippen molar-refractivity contribution in [1.29, 1.82) is 0 Å². The zero-order chi connectivity index (χ0) is 21.3. The molecule has 1 N–H and O–H groups in total. The minimum absolute atomic E-state index is 0.0266. The van der Waals surface area contributed by atoms with E-state index in [9.17, 15) is 9.18 Å². The van der Waals surface area contributed by atoms with Gasteiger partial charge in [0.25, 0.3) is 0 Å². The molecular weight excluding hydrogens is 399 g/mol. The van der Waals surface area contributed by atoms with E-state index in [1.165, 1.54) is 23.9 Å². The van der Waals surface area contributed by atoms with Crippen molar-refractivity contribution in [2.24, 2.45) is 5.92 Å². The third-order valence-electron chi connectivity index (χ3n) is 4.62. The van der Waals surface area contributed by atoms with E-state index >= 15 is 0 Å². The number of rotatable bonds is 10. The summed E-state index contributed by atoms with van der Waals surface area (Å²) in [5, 5.41) is 12.4. The standard InChI is InChI=1S/C23H27FN4OS/c1-17(2)14-15-25-22(29)13-12-21-26-27-23(28(21)20-6-4-3-5-7-20)30-16-18-8-10-19(24)11-9-18/h3-11,17H,12-16H2,1-2H3,(H,25,29). The van der Waals surface area contributed by atoms with Crippen LogP contribution in [-0.2, 0) is 17.0 Å². The highest BCUT2D eigenvalue weighted by Gasteiger charge is 2.16. The van der Waals surface area contributed by atoms with Crippen LogP contribution in [0.25, 0.3) is 5.69 Å². The van der Waals surface area contributed by atoms with Gasteiger partial charge in [0.2, 0.25) is 5.91 Å². The lowest BCUT2D eigenvalue weighted by Crippen LogP contribution is -2.25. The number of thioether (sulfide) groups is 1. The lowest BCUT2D eigenvalue weighted by molar-refractivity contribution is -0.121. The Hall–Kier alpha value is -2.67. The Kier molecular flexibility index (Phi) is 8.02. The average molecular weight is 427 g/mol. The van der Waals surface area contributed by atoms with Crippen LogP contribution in [0.4, 0.5) is 4.39 Å². The smallest absolute Gasteiger partial charge is 0.220 e. The number of aromatic nitrogens is 3. The number of amides is 1. The fourth-order valence-electron chi connectivity index (χ4n) is 2.93. The number of hydrogen-bond acceptors (Lipinski definition) is 4. The molecule has 0 spiro atoms. The molecule has 1 amide bonds. The molecule has 0 unspecified atom stereocenters. The molecule has 1 heterocycles. The fourth-order valence-corrected chi connectivity index (χ4v) is 3.86.